The molecule has 4 rings (SSSR count). The van der Waals surface area contributed by atoms with Crippen molar-refractivity contribution >= 4 is 70.2 Å². The van der Waals surface area contributed by atoms with Crippen LogP contribution in [-0.2, 0) is 10.0 Å². The van der Waals surface area contributed by atoms with Gasteiger partial charge in [-0.25, -0.2) is 22.2 Å². The van der Waals surface area contributed by atoms with E-state index in [0.29, 0.717) is 24.8 Å². The Morgan fingerprint density at radius 1 is 1.07 bits per heavy atom. The van der Waals surface area contributed by atoms with Gasteiger partial charge in [0.1, 0.15) is 4.88 Å². The minimum Gasteiger partial charge on any atom is -0.477 e. The van der Waals surface area contributed by atoms with Crippen molar-refractivity contribution in [1.29, 1.82) is 0 Å². The van der Waals surface area contributed by atoms with Crippen LogP contribution in [0.1, 0.15) is 9.67 Å². The van der Waals surface area contributed by atoms with E-state index in [4.69, 9.17) is 0 Å². The maximum atomic E-state index is 13.0. The van der Waals surface area contributed by atoms with Crippen molar-refractivity contribution in [1.82, 2.24) is 8.96 Å². The number of carboxylic acids is 1. The molecule has 0 spiro atoms. The molecule has 28 heavy (non-hydrogen) atoms. The van der Waals surface area contributed by atoms with Crippen molar-refractivity contribution in [2.75, 3.05) is 0 Å². The zero-order valence-corrected chi connectivity index (χ0v) is 18.6. The number of fused-ring (bicyclic) bond motifs is 1. The molecule has 0 saturated heterocycles. The van der Waals surface area contributed by atoms with E-state index in [1.165, 1.54) is 24.5 Å². The smallest absolute Gasteiger partial charge is 0.347 e. The van der Waals surface area contributed by atoms with Gasteiger partial charge in [-0.3, -0.25) is 0 Å². The Labute approximate surface area is 180 Å². The predicted octanol–water partition coefficient (Wildman–Crippen LogP) is 5.23. The third-order valence-electron chi connectivity index (χ3n) is 4.09. The number of hydrogen-bond acceptors (Lipinski definition) is 5. The summed E-state index contributed by atoms with van der Waals surface area (Å²) < 4.78 is 28.2. The van der Waals surface area contributed by atoms with E-state index < -0.39 is 16.0 Å². The van der Waals surface area contributed by atoms with Gasteiger partial charge in [-0.2, -0.15) is 0 Å². The summed E-state index contributed by atoms with van der Waals surface area (Å²) in [6.45, 7) is 0. The predicted molar refractivity (Wildman–Crippen MR) is 114 cm³/mol. The Balaban J connectivity index is 1.94. The number of nitrogens with zero attached hydrogens (tertiary/aromatic N) is 2. The standard InChI is InChI=1S/C18H10Br2N2O4S2/c19-13-14(20)16(18(23)24)27-15(13)11-6-8-21-17-12(11)7-9-22(17)28(25,26)10-4-2-1-3-5-10/h1-9H,(H,23,24). The lowest BCUT2D eigenvalue weighted by molar-refractivity contribution is 0.0701. The zero-order valence-electron chi connectivity index (χ0n) is 13.8. The molecule has 4 aromatic rings. The third kappa shape index (κ3) is 3.00. The largest absolute Gasteiger partial charge is 0.477 e. The fourth-order valence-electron chi connectivity index (χ4n) is 2.81. The van der Waals surface area contributed by atoms with Gasteiger partial charge in [-0.15, -0.1) is 11.3 Å². The molecular formula is C18H10Br2N2O4S2. The van der Waals surface area contributed by atoms with E-state index >= 15 is 0 Å². The topological polar surface area (TPSA) is 89.3 Å². The highest BCUT2D eigenvalue weighted by Gasteiger charge is 2.24. The monoisotopic (exact) mass is 540 g/mol. The molecule has 3 heterocycles. The first-order valence-electron chi connectivity index (χ1n) is 7.80. The second kappa shape index (κ2) is 7.11. The highest BCUT2D eigenvalue weighted by Crippen LogP contribution is 2.45. The molecule has 0 aliphatic heterocycles. The lowest BCUT2D eigenvalue weighted by Gasteiger charge is -2.07. The molecule has 0 amide bonds. The van der Waals surface area contributed by atoms with Crippen molar-refractivity contribution < 1.29 is 18.3 Å². The normalized spacial score (nSPS) is 11.8. The zero-order chi connectivity index (χ0) is 20.1. The number of thiophene rings is 1. The van der Waals surface area contributed by atoms with Crippen LogP contribution in [0.3, 0.4) is 0 Å². The SMILES string of the molecule is O=C(O)c1sc(-c2ccnc3c2ccn3S(=O)(=O)c2ccccc2)c(Br)c1Br. The lowest BCUT2D eigenvalue weighted by atomic mass is 10.1. The van der Waals surface area contributed by atoms with Gasteiger partial charge in [0.25, 0.3) is 10.0 Å². The van der Waals surface area contributed by atoms with Crippen molar-refractivity contribution in [3.63, 3.8) is 0 Å². The van der Waals surface area contributed by atoms with Crippen LogP contribution in [0, 0.1) is 0 Å². The second-order valence-corrected chi connectivity index (χ2v) is 10.1. The summed E-state index contributed by atoms with van der Waals surface area (Å²) in [7, 11) is -3.81. The molecule has 0 aliphatic carbocycles. The van der Waals surface area contributed by atoms with E-state index in [1.807, 2.05) is 0 Å². The quantitative estimate of drug-likeness (QED) is 0.382. The van der Waals surface area contributed by atoms with Gasteiger partial charge in [-0.05, 0) is 56.1 Å². The Morgan fingerprint density at radius 2 is 1.79 bits per heavy atom. The maximum Gasteiger partial charge on any atom is 0.347 e. The maximum absolute atomic E-state index is 13.0. The van der Waals surface area contributed by atoms with Crippen LogP contribution in [-0.4, -0.2) is 28.5 Å². The van der Waals surface area contributed by atoms with Crippen molar-refractivity contribution in [2.45, 2.75) is 4.90 Å². The third-order valence-corrected chi connectivity index (χ3v) is 9.62. The first-order chi connectivity index (χ1) is 13.3. The number of pyridine rings is 1. The summed E-state index contributed by atoms with van der Waals surface area (Å²) in [4.78, 5) is 16.7. The Morgan fingerprint density at radius 3 is 2.43 bits per heavy atom. The van der Waals surface area contributed by atoms with Gasteiger partial charge in [0.2, 0.25) is 0 Å². The van der Waals surface area contributed by atoms with Crippen molar-refractivity contribution in [3.8, 4) is 10.4 Å². The summed E-state index contributed by atoms with van der Waals surface area (Å²) in [5.41, 5.74) is 0.965. The molecule has 0 radical (unpaired) electrons. The van der Waals surface area contributed by atoms with Crippen molar-refractivity contribution in [3.05, 3.63) is 68.7 Å². The summed E-state index contributed by atoms with van der Waals surface area (Å²) >= 11 is 7.82. The van der Waals surface area contributed by atoms with Crippen LogP contribution in [0.2, 0.25) is 0 Å². The number of carbonyl (C=O) groups is 1. The Kier molecular flexibility index (Phi) is 4.90. The van der Waals surface area contributed by atoms with E-state index in [0.717, 1.165) is 15.3 Å². The molecule has 1 aromatic carbocycles. The summed E-state index contributed by atoms with van der Waals surface area (Å²) in [6, 6.07) is 11.5. The molecule has 0 fully saturated rings. The van der Waals surface area contributed by atoms with E-state index in [-0.39, 0.29) is 15.4 Å². The van der Waals surface area contributed by atoms with Gasteiger partial charge in [0.15, 0.2) is 5.65 Å². The molecule has 1 N–H and O–H groups in total. The molecule has 0 unspecified atom stereocenters. The molecule has 6 nitrogen and oxygen atoms in total. The first kappa shape index (κ1) is 19.3. The molecular weight excluding hydrogens is 532 g/mol. The van der Waals surface area contributed by atoms with Crippen LogP contribution >= 0.6 is 43.2 Å². The number of hydrogen-bond donors (Lipinski definition) is 1. The first-order valence-corrected chi connectivity index (χ1v) is 11.6. The molecule has 0 bridgehead atoms. The van der Waals surface area contributed by atoms with Crippen LogP contribution in [0.25, 0.3) is 21.5 Å². The number of aromatic carboxylic acids is 1. The van der Waals surface area contributed by atoms with Gasteiger partial charge >= 0.3 is 5.97 Å². The highest BCUT2D eigenvalue weighted by molar-refractivity contribution is 9.13. The average Bonchev–Trinajstić information content (AvgIpc) is 3.25. The Bertz CT molecular complexity index is 1330. The molecule has 10 heteroatoms. The van der Waals surface area contributed by atoms with Crippen LogP contribution in [0.4, 0.5) is 0 Å². The molecule has 0 saturated carbocycles. The number of rotatable bonds is 4. The minimum atomic E-state index is -3.81. The number of carboxylic acid groups (broad SMARTS) is 1. The molecule has 0 atom stereocenters. The fraction of sp³-hybridized carbons (Fsp3) is 0. The fourth-order valence-corrected chi connectivity index (χ4v) is 6.63. The lowest BCUT2D eigenvalue weighted by Crippen LogP contribution is -2.12. The van der Waals surface area contributed by atoms with Gasteiger partial charge in [0.05, 0.1) is 18.7 Å². The van der Waals surface area contributed by atoms with E-state index in [1.54, 1.807) is 30.3 Å². The molecule has 3 aromatic heterocycles. The van der Waals surface area contributed by atoms with Crippen LogP contribution in [0.15, 0.2) is 68.7 Å². The van der Waals surface area contributed by atoms with E-state index in [9.17, 15) is 18.3 Å². The number of aromatic nitrogens is 2. The Hall–Kier alpha value is -2.01. The summed E-state index contributed by atoms with van der Waals surface area (Å²) in [5, 5.41) is 9.97. The van der Waals surface area contributed by atoms with Crippen LogP contribution in [0.5, 0.6) is 0 Å². The highest BCUT2D eigenvalue weighted by atomic mass is 79.9. The molecule has 0 aliphatic rings. The average molecular weight is 542 g/mol. The van der Waals surface area contributed by atoms with Gasteiger partial charge < -0.3 is 5.11 Å². The van der Waals surface area contributed by atoms with E-state index in [2.05, 4.69) is 36.8 Å². The van der Waals surface area contributed by atoms with Crippen molar-refractivity contribution in [2.24, 2.45) is 0 Å². The minimum absolute atomic E-state index is 0.156. The summed E-state index contributed by atoms with van der Waals surface area (Å²) in [5.74, 6) is -1.04. The summed E-state index contributed by atoms with van der Waals surface area (Å²) in [6.07, 6.45) is 2.97. The molecule has 142 valence electrons. The van der Waals surface area contributed by atoms with Gasteiger partial charge in [0, 0.05) is 23.3 Å². The second-order valence-electron chi connectivity index (χ2n) is 5.72. The number of benzene rings is 1. The number of halogens is 2. The van der Waals surface area contributed by atoms with Gasteiger partial charge in [-0.1, -0.05) is 18.2 Å². The van der Waals surface area contributed by atoms with Crippen LogP contribution < -0.4 is 0 Å².